The summed E-state index contributed by atoms with van der Waals surface area (Å²) in [4.78, 5) is 28.2. The second kappa shape index (κ2) is 12.4. The zero-order valence-electron chi connectivity index (χ0n) is 18.6. The van der Waals surface area contributed by atoms with E-state index in [9.17, 15) is 4.79 Å². The minimum Gasteiger partial charge on any atom is -0.357 e. The maximum Gasteiger partial charge on any atom is 0.225 e. The Labute approximate surface area is 197 Å². The van der Waals surface area contributed by atoms with Crippen LogP contribution in [0.2, 0.25) is 0 Å². The average molecular weight is 532 g/mol. The maximum absolute atomic E-state index is 12.6. The Hall–Kier alpha value is -1.43. The normalized spacial score (nSPS) is 18.4. The molecule has 2 aliphatic rings. The van der Waals surface area contributed by atoms with Gasteiger partial charge in [0.15, 0.2) is 5.96 Å². The van der Waals surface area contributed by atoms with Gasteiger partial charge in [0.05, 0.1) is 13.1 Å². The number of halogens is 1. The minimum absolute atomic E-state index is 0. The smallest absolute Gasteiger partial charge is 0.225 e. The molecular formula is C20H37IN8O. The van der Waals surface area contributed by atoms with Crippen LogP contribution in [0.25, 0.3) is 0 Å². The van der Waals surface area contributed by atoms with Crippen molar-refractivity contribution in [2.45, 2.75) is 39.2 Å². The van der Waals surface area contributed by atoms with Crippen molar-refractivity contribution < 1.29 is 4.79 Å². The first-order valence-electron chi connectivity index (χ1n) is 10.9. The monoisotopic (exact) mass is 532 g/mol. The molecule has 10 heteroatoms. The van der Waals surface area contributed by atoms with Crippen LogP contribution < -0.4 is 5.32 Å². The fraction of sp³-hybridized carbons (Fsp3) is 0.800. The minimum atomic E-state index is 0. The highest BCUT2D eigenvalue weighted by Gasteiger charge is 2.29. The third-order valence-electron chi connectivity index (χ3n) is 5.95. The molecule has 2 fully saturated rings. The van der Waals surface area contributed by atoms with Gasteiger partial charge in [0.1, 0.15) is 12.2 Å². The number of nitrogens with zero attached hydrogens (tertiary/aromatic N) is 7. The van der Waals surface area contributed by atoms with E-state index in [4.69, 9.17) is 4.99 Å². The Morgan fingerprint density at radius 3 is 2.57 bits per heavy atom. The molecule has 0 spiro atoms. The fourth-order valence-corrected chi connectivity index (χ4v) is 4.14. The van der Waals surface area contributed by atoms with Crippen LogP contribution in [0.3, 0.4) is 0 Å². The molecule has 9 nitrogen and oxygen atoms in total. The highest BCUT2D eigenvalue weighted by Crippen LogP contribution is 2.26. The van der Waals surface area contributed by atoms with Gasteiger partial charge in [-0.05, 0) is 19.8 Å². The Balaban J connectivity index is 0.00000320. The predicted octanol–water partition coefficient (Wildman–Crippen LogP) is 1.16. The molecule has 30 heavy (non-hydrogen) atoms. The average Bonchev–Trinajstić information content (AvgIpc) is 3.40. The number of aryl methyl sites for hydroxylation is 1. The number of guanidine groups is 1. The predicted molar refractivity (Wildman–Crippen MR) is 129 cm³/mol. The van der Waals surface area contributed by atoms with Crippen LogP contribution in [-0.2, 0) is 18.4 Å². The lowest BCUT2D eigenvalue weighted by Crippen LogP contribution is -2.50. The van der Waals surface area contributed by atoms with E-state index in [0.717, 1.165) is 70.4 Å². The van der Waals surface area contributed by atoms with E-state index in [1.54, 1.807) is 11.0 Å². The summed E-state index contributed by atoms with van der Waals surface area (Å²) in [6, 6.07) is 0. The van der Waals surface area contributed by atoms with Crippen molar-refractivity contribution in [3.63, 3.8) is 0 Å². The van der Waals surface area contributed by atoms with Gasteiger partial charge < -0.3 is 15.1 Å². The molecule has 3 rings (SSSR count). The van der Waals surface area contributed by atoms with Gasteiger partial charge in [0, 0.05) is 59.3 Å². The number of hydrogen-bond donors (Lipinski definition) is 1. The number of carbonyl (C=O) groups excluding carboxylic acids is 1. The highest BCUT2D eigenvalue weighted by molar-refractivity contribution is 14.0. The largest absolute Gasteiger partial charge is 0.357 e. The van der Waals surface area contributed by atoms with Crippen LogP contribution in [0.5, 0.6) is 0 Å². The third kappa shape index (κ3) is 6.79. The summed E-state index contributed by atoms with van der Waals surface area (Å²) in [5, 5.41) is 7.48. The SMILES string of the molecule is CCNC(=NCCN1CCN(C(=O)C2CCCC2)CC1)N(C)Cc1ncnn1C.I. The van der Waals surface area contributed by atoms with Gasteiger partial charge in [0.25, 0.3) is 0 Å². The lowest BCUT2D eigenvalue weighted by atomic mass is 10.1. The molecule has 1 amide bonds. The summed E-state index contributed by atoms with van der Waals surface area (Å²) in [5.74, 6) is 2.46. The van der Waals surface area contributed by atoms with E-state index in [-0.39, 0.29) is 24.0 Å². The fourth-order valence-electron chi connectivity index (χ4n) is 4.14. The number of hydrogen-bond acceptors (Lipinski definition) is 5. The molecule has 2 heterocycles. The van der Waals surface area contributed by atoms with Gasteiger partial charge >= 0.3 is 0 Å². The zero-order valence-corrected chi connectivity index (χ0v) is 20.9. The first-order chi connectivity index (χ1) is 14.1. The number of aliphatic imine (C=N–C) groups is 1. The molecule has 1 saturated carbocycles. The summed E-state index contributed by atoms with van der Waals surface area (Å²) >= 11 is 0. The molecule has 1 saturated heterocycles. The second-order valence-corrected chi connectivity index (χ2v) is 8.04. The lowest BCUT2D eigenvalue weighted by molar-refractivity contribution is -0.137. The highest BCUT2D eigenvalue weighted by atomic mass is 127. The molecule has 1 aromatic rings. The van der Waals surface area contributed by atoms with Crippen LogP contribution >= 0.6 is 24.0 Å². The first-order valence-corrected chi connectivity index (χ1v) is 10.9. The van der Waals surface area contributed by atoms with E-state index in [2.05, 4.69) is 37.0 Å². The van der Waals surface area contributed by atoms with Crippen molar-refractivity contribution in [3.8, 4) is 0 Å². The van der Waals surface area contributed by atoms with Gasteiger partial charge in [0.2, 0.25) is 5.91 Å². The first kappa shape index (κ1) is 24.8. The van der Waals surface area contributed by atoms with Crippen molar-refractivity contribution >= 4 is 35.8 Å². The Kier molecular flexibility index (Phi) is 10.3. The molecule has 0 unspecified atom stereocenters. The van der Waals surface area contributed by atoms with Crippen LogP contribution in [0, 0.1) is 5.92 Å². The number of amides is 1. The van der Waals surface area contributed by atoms with E-state index in [1.165, 1.54) is 12.8 Å². The summed E-state index contributed by atoms with van der Waals surface area (Å²) in [6.45, 7) is 8.80. The quantitative estimate of drug-likeness (QED) is 0.323. The molecule has 1 N–H and O–H groups in total. The van der Waals surface area contributed by atoms with Crippen LogP contribution in [0.15, 0.2) is 11.3 Å². The standard InChI is InChI=1S/C20H36N8O.HI/c1-4-21-20(25(2)15-18-23-16-24-26(18)3)22-9-10-27-11-13-28(14-12-27)19(29)17-7-5-6-8-17;/h16-17H,4-15H2,1-3H3,(H,21,22);1H. The summed E-state index contributed by atoms with van der Waals surface area (Å²) in [6.07, 6.45) is 6.18. The molecular weight excluding hydrogens is 495 g/mol. The van der Waals surface area contributed by atoms with Gasteiger partial charge in [-0.3, -0.25) is 19.4 Å². The molecule has 1 aliphatic heterocycles. The maximum atomic E-state index is 12.6. The van der Waals surface area contributed by atoms with Crippen molar-refractivity contribution in [1.29, 1.82) is 0 Å². The Morgan fingerprint density at radius 2 is 1.97 bits per heavy atom. The molecule has 170 valence electrons. The summed E-state index contributed by atoms with van der Waals surface area (Å²) < 4.78 is 1.78. The number of aromatic nitrogens is 3. The topological polar surface area (TPSA) is 81.9 Å². The second-order valence-electron chi connectivity index (χ2n) is 8.04. The molecule has 0 atom stereocenters. The number of nitrogens with one attached hydrogen (secondary N) is 1. The molecule has 1 aromatic heterocycles. The molecule has 0 radical (unpaired) electrons. The van der Waals surface area contributed by atoms with Gasteiger partial charge in [-0.1, -0.05) is 12.8 Å². The van der Waals surface area contributed by atoms with E-state index in [0.29, 0.717) is 18.4 Å². The summed E-state index contributed by atoms with van der Waals surface area (Å²) in [7, 11) is 3.92. The lowest BCUT2D eigenvalue weighted by Gasteiger charge is -2.35. The third-order valence-corrected chi connectivity index (χ3v) is 5.95. The number of carbonyl (C=O) groups is 1. The van der Waals surface area contributed by atoms with Gasteiger partial charge in [-0.25, -0.2) is 4.98 Å². The van der Waals surface area contributed by atoms with Crippen LogP contribution in [0.1, 0.15) is 38.4 Å². The van der Waals surface area contributed by atoms with E-state index >= 15 is 0 Å². The van der Waals surface area contributed by atoms with Crippen molar-refractivity contribution in [1.82, 2.24) is 34.8 Å². The Bertz CT molecular complexity index is 680. The van der Waals surface area contributed by atoms with E-state index in [1.807, 2.05) is 14.1 Å². The Morgan fingerprint density at radius 1 is 1.27 bits per heavy atom. The summed E-state index contributed by atoms with van der Waals surface area (Å²) in [5.41, 5.74) is 0. The van der Waals surface area contributed by atoms with Gasteiger partial charge in [-0.2, -0.15) is 5.10 Å². The van der Waals surface area contributed by atoms with Crippen LogP contribution in [-0.4, -0.2) is 94.2 Å². The van der Waals surface area contributed by atoms with Crippen molar-refractivity contribution in [3.05, 3.63) is 12.2 Å². The van der Waals surface area contributed by atoms with Crippen molar-refractivity contribution in [2.75, 3.05) is 52.9 Å². The number of piperazine rings is 1. The van der Waals surface area contributed by atoms with Crippen molar-refractivity contribution in [2.24, 2.45) is 18.0 Å². The molecule has 0 bridgehead atoms. The molecule has 1 aliphatic carbocycles. The number of rotatable bonds is 7. The molecule has 0 aromatic carbocycles. The van der Waals surface area contributed by atoms with Crippen LogP contribution in [0.4, 0.5) is 0 Å². The zero-order chi connectivity index (χ0) is 20.6. The van der Waals surface area contributed by atoms with E-state index < -0.39 is 0 Å². The van der Waals surface area contributed by atoms with Gasteiger partial charge in [-0.15, -0.1) is 24.0 Å².